The lowest BCUT2D eigenvalue weighted by Crippen LogP contribution is -2.61. The molecule has 0 aliphatic carbocycles. The standard InChI is InChI=1S/C85H55BN8/c1-7-25-56(26-8-1)62-47-50-75-68(53-62)67-37-19-22-40-74(67)94(75)76-51-48-63(84-87-72(58-27-9-2-10-28-58)55-73(88-84)59-29-11-3-12-30-59)54-69(76)85-90-82(60-31-13-4-14-32-60)89-83(91-85)61-45-43-57(44-46-61)66-49-52-79-80-81(66)93(65-35-17-6-18-36-65)78-42-24-21-39-71(78)86(80)70-38-20-23-41-77(70)92(79)64-33-15-5-16-34-64/h1-55H. The number of benzene rings is 13. The summed E-state index contributed by atoms with van der Waals surface area (Å²) in [6.07, 6.45) is 0. The molecule has 16 aromatic rings. The Labute approximate surface area is 544 Å². The molecule has 9 heteroatoms. The Morgan fingerprint density at radius 3 is 1.32 bits per heavy atom. The Kier molecular flexibility index (Phi) is 13.1. The van der Waals surface area contributed by atoms with Crippen LogP contribution in [0.25, 0.3) is 118 Å². The highest BCUT2D eigenvalue weighted by Gasteiger charge is 2.44. The van der Waals surface area contributed by atoms with Gasteiger partial charge in [0.15, 0.2) is 23.3 Å². The summed E-state index contributed by atoms with van der Waals surface area (Å²) in [5.41, 5.74) is 25.0. The lowest BCUT2D eigenvalue weighted by atomic mass is 9.33. The molecule has 3 aromatic heterocycles. The van der Waals surface area contributed by atoms with Crippen LogP contribution in [-0.2, 0) is 0 Å². The summed E-state index contributed by atoms with van der Waals surface area (Å²) in [4.78, 5) is 32.1. The van der Waals surface area contributed by atoms with Gasteiger partial charge in [-0.25, -0.2) is 24.9 Å². The van der Waals surface area contributed by atoms with E-state index < -0.39 is 0 Å². The third-order valence-corrected chi connectivity index (χ3v) is 18.5. The number of rotatable bonds is 11. The Bertz CT molecular complexity index is 5490. The zero-order valence-corrected chi connectivity index (χ0v) is 50.9. The molecule has 18 rings (SSSR count). The van der Waals surface area contributed by atoms with E-state index in [1.165, 1.54) is 22.1 Å². The molecule has 0 saturated heterocycles. The van der Waals surface area contributed by atoms with E-state index >= 15 is 0 Å². The summed E-state index contributed by atoms with van der Waals surface area (Å²) in [5, 5.41) is 2.27. The van der Waals surface area contributed by atoms with Gasteiger partial charge in [-0.3, -0.25) is 0 Å². The maximum Gasteiger partial charge on any atom is 0.252 e. The summed E-state index contributed by atoms with van der Waals surface area (Å²) < 4.78 is 2.36. The molecule has 0 fully saturated rings. The molecule has 0 spiro atoms. The lowest BCUT2D eigenvalue weighted by molar-refractivity contribution is 1.06. The summed E-state index contributed by atoms with van der Waals surface area (Å²) in [5.74, 6) is 2.17. The van der Waals surface area contributed by atoms with Gasteiger partial charge in [0.05, 0.1) is 33.8 Å². The van der Waals surface area contributed by atoms with Crippen LogP contribution in [0.2, 0.25) is 0 Å². The first-order valence-electron chi connectivity index (χ1n) is 31.8. The van der Waals surface area contributed by atoms with Gasteiger partial charge in [-0.1, -0.05) is 249 Å². The monoisotopic (exact) mass is 1200 g/mol. The lowest BCUT2D eigenvalue weighted by Gasteiger charge is -2.45. The molecule has 2 aliphatic rings. The molecule has 0 bridgehead atoms. The molecule has 2 aliphatic heterocycles. The van der Waals surface area contributed by atoms with Crippen molar-refractivity contribution < 1.29 is 0 Å². The minimum absolute atomic E-state index is 0.0282. The van der Waals surface area contributed by atoms with Gasteiger partial charge in [0.1, 0.15) is 0 Å². The van der Waals surface area contributed by atoms with Crippen LogP contribution in [0.4, 0.5) is 34.1 Å². The molecule has 0 unspecified atom stereocenters. The quantitative estimate of drug-likeness (QED) is 0.119. The van der Waals surface area contributed by atoms with Crippen molar-refractivity contribution in [2.75, 3.05) is 9.80 Å². The van der Waals surface area contributed by atoms with Gasteiger partial charge >= 0.3 is 0 Å². The Morgan fingerprint density at radius 1 is 0.245 bits per heavy atom. The SMILES string of the molecule is c1ccc(-c2ccc3c(c2)c2ccccc2n3-c2ccc(-c3nc(-c4ccccc4)cc(-c4ccccc4)n3)cc2-c2nc(-c3ccccc3)nc(-c3ccc(-c4ccc5c6c4N(c4ccccc4)c4ccccc4B6c4ccccc4N5c4ccccc4)cc3)n2)cc1. The predicted molar refractivity (Wildman–Crippen MR) is 387 cm³/mol. The smallest absolute Gasteiger partial charge is 0.252 e. The molecule has 438 valence electrons. The highest BCUT2D eigenvalue weighted by Crippen LogP contribution is 2.48. The molecule has 0 atom stereocenters. The Morgan fingerprint density at radius 2 is 0.691 bits per heavy atom. The fraction of sp³-hybridized carbons (Fsp3) is 0. The van der Waals surface area contributed by atoms with Crippen molar-refractivity contribution in [3.63, 3.8) is 0 Å². The summed E-state index contributed by atoms with van der Waals surface area (Å²) >= 11 is 0. The number of hydrogen-bond donors (Lipinski definition) is 0. The highest BCUT2D eigenvalue weighted by atomic mass is 15.2. The predicted octanol–water partition coefficient (Wildman–Crippen LogP) is 19.2. The highest BCUT2D eigenvalue weighted by molar-refractivity contribution is 7.00. The van der Waals surface area contributed by atoms with E-state index in [0.717, 1.165) is 123 Å². The molecule has 0 radical (unpaired) electrons. The normalized spacial score (nSPS) is 12.2. The van der Waals surface area contributed by atoms with Crippen LogP contribution in [0.3, 0.4) is 0 Å². The number of anilines is 6. The number of fused-ring (bicyclic) bond motifs is 7. The van der Waals surface area contributed by atoms with Gasteiger partial charge in [-0.2, -0.15) is 0 Å². The molecular weight excluding hydrogens is 1140 g/mol. The van der Waals surface area contributed by atoms with Gasteiger partial charge in [-0.15, -0.1) is 0 Å². The van der Waals surface area contributed by atoms with Crippen LogP contribution < -0.4 is 26.2 Å². The van der Waals surface area contributed by atoms with Crippen LogP contribution in [-0.4, -0.2) is 36.2 Å². The van der Waals surface area contributed by atoms with Crippen LogP contribution in [0.5, 0.6) is 0 Å². The second-order valence-corrected chi connectivity index (χ2v) is 23.9. The van der Waals surface area contributed by atoms with Crippen LogP contribution in [0, 0.1) is 0 Å². The first kappa shape index (κ1) is 54.4. The summed E-state index contributed by atoms with van der Waals surface area (Å²) in [6, 6.07) is 118. The zero-order chi connectivity index (χ0) is 62.1. The van der Waals surface area contributed by atoms with Crippen molar-refractivity contribution in [3.8, 4) is 96.0 Å². The molecular formula is C85H55BN8. The molecule has 13 aromatic carbocycles. The molecule has 0 saturated carbocycles. The van der Waals surface area contributed by atoms with E-state index in [0.29, 0.717) is 23.3 Å². The maximum atomic E-state index is 5.61. The first-order chi connectivity index (χ1) is 46.6. The molecule has 0 amide bonds. The topological polar surface area (TPSA) is 75.9 Å². The Hall–Kier alpha value is -12.6. The number of para-hydroxylation sites is 5. The molecule has 94 heavy (non-hydrogen) atoms. The number of aromatic nitrogens is 6. The van der Waals surface area contributed by atoms with Gasteiger partial charge in [0.2, 0.25) is 0 Å². The van der Waals surface area contributed by atoms with Crippen LogP contribution in [0.15, 0.2) is 334 Å². The third kappa shape index (κ3) is 9.28. The molecule has 8 nitrogen and oxygen atoms in total. The van der Waals surface area contributed by atoms with Crippen LogP contribution >= 0.6 is 0 Å². The van der Waals surface area contributed by atoms with E-state index in [2.05, 4.69) is 293 Å². The van der Waals surface area contributed by atoms with Crippen molar-refractivity contribution in [2.24, 2.45) is 0 Å². The summed E-state index contributed by atoms with van der Waals surface area (Å²) in [7, 11) is 0. The molecule has 5 heterocycles. The van der Waals surface area contributed by atoms with E-state index in [1.807, 2.05) is 54.6 Å². The fourth-order valence-electron chi connectivity index (χ4n) is 14.2. The van der Waals surface area contributed by atoms with Gasteiger partial charge < -0.3 is 14.4 Å². The largest absolute Gasteiger partial charge is 0.311 e. The molecule has 0 N–H and O–H groups in total. The number of hydrogen-bond acceptors (Lipinski definition) is 7. The van der Waals surface area contributed by atoms with E-state index in [1.54, 1.807) is 0 Å². The van der Waals surface area contributed by atoms with Crippen LogP contribution in [0.1, 0.15) is 0 Å². The van der Waals surface area contributed by atoms with Gasteiger partial charge in [-0.05, 0) is 118 Å². The maximum absolute atomic E-state index is 5.61. The van der Waals surface area contributed by atoms with Gasteiger partial charge in [0.25, 0.3) is 6.71 Å². The van der Waals surface area contributed by atoms with Crippen molar-refractivity contribution in [2.45, 2.75) is 0 Å². The minimum atomic E-state index is -0.0282. The fourth-order valence-corrected chi connectivity index (χ4v) is 14.2. The van der Waals surface area contributed by atoms with E-state index in [9.17, 15) is 0 Å². The Balaban J connectivity index is 0.843. The van der Waals surface area contributed by atoms with E-state index in [4.69, 9.17) is 24.9 Å². The van der Waals surface area contributed by atoms with E-state index in [-0.39, 0.29) is 6.71 Å². The zero-order valence-electron chi connectivity index (χ0n) is 50.9. The van der Waals surface area contributed by atoms with Crippen molar-refractivity contribution in [1.29, 1.82) is 0 Å². The van der Waals surface area contributed by atoms with Crippen molar-refractivity contribution in [3.05, 3.63) is 334 Å². The van der Waals surface area contributed by atoms with Gasteiger partial charge in [0, 0.05) is 78.2 Å². The van der Waals surface area contributed by atoms with Crippen molar-refractivity contribution in [1.82, 2.24) is 29.5 Å². The average Bonchev–Trinajstić information content (AvgIpc) is 0.835. The van der Waals surface area contributed by atoms with Crippen molar-refractivity contribution >= 4 is 79.0 Å². The second kappa shape index (κ2) is 22.7. The number of nitrogens with zero attached hydrogens (tertiary/aromatic N) is 8. The third-order valence-electron chi connectivity index (χ3n) is 18.5. The first-order valence-corrected chi connectivity index (χ1v) is 31.8. The second-order valence-electron chi connectivity index (χ2n) is 23.9. The summed E-state index contributed by atoms with van der Waals surface area (Å²) in [6.45, 7) is -0.0282. The minimum Gasteiger partial charge on any atom is -0.311 e. The average molecular weight is 1200 g/mol.